The molecular weight excluding hydrogens is 496 g/mol. The third-order valence-electron chi connectivity index (χ3n) is 7.01. The highest BCUT2D eigenvalue weighted by Gasteiger charge is 2.31. The van der Waals surface area contributed by atoms with Gasteiger partial charge in [0.05, 0.1) is 12.7 Å². The number of nitrogens with zero attached hydrogens (tertiary/aromatic N) is 3. The van der Waals surface area contributed by atoms with Crippen LogP contribution in [0.15, 0.2) is 53.6 Å². The molecule has 1 aliphatic heterocycles. The van der Waals surface area contributed by atoms with E-state index >= 15 is 0 Å². The van der Waals surface area contributed by atoms with Gasteiger partial charge in [-0.1, -0.05) is 45.0 Å². The smallest absolute Gasteiger partial charge is 0.277 e. The standard InChI is InChI=1S/C29H34N6O2S/c1-29(2,3)20-8-6-18(7-9-20)5-4-12-31-22-17-33-26-11-10-23(35(26)28(22)37)27(36)34-16-21-13-19-15-32-25(30)14-24(19)38-21/h6-9,13-15,17,23,31H,4-5,10-12,16H2,1-3H3,(H2,30,32)(H,34,36)/t23-/m0/s1. The van der Waals surface area contributed by atoms with Crippen LogP contribution in [0.2, 0.25) is 0 Å². The minimum Gasteiger partial charge on any atom is -0.384 e. The first kappa shape index (κ1) is 25.9. The second-order valence-corrected chi connectivity index (χ2v) is 12.0. The number of hydrogen-bond donors (Lipinski definition) is 3. The van der Waals surface area contributed by atoms with Gasteiger partial charge in [-0.15, -0.1) is 11.3 Å². The van der Waals surface area contributed by atoms with Crippen molar-refractivity contribution in [2.75, 3.05) is 17.6 Å². The maximum absolute atomic E-state index is 13.3. The first-order valence-corrected chi connectivity index (χ1v) is 13.9. The van der Waals surface area contributed by atoms with Crippen molar-refractivity contribution in [3.8, 4) is 0 Å². The highest BCUT2D eigenvalue weighted by Crippen LogP contribution is 2.27. The van der Waals surface area contributed by atoms with Crippen molar-refractivity contribution in [2.45, 2.75) is 64.5 Å². The molecule has 9 heteroatoms. The van der Waals surface area contributed by atoms with Crippen molar-refractivity contribution in [2.24, 2.45) is 0 Å². The predicted octanol–water partition coefficient (Wildman–Crippen LogP) is 4.58. The maximum Gasteiger partial charge on any atom is 0.277 e. The highest BCUT2D eigenvalue weighted by atomic mass is 32.1. The predicted molar refractivity (Wildman–Crippen MR) is 154 cm³/mol. The number of anilines is 2. The first-order chi connectivity index (χ1) is 18.2. The lowest BCUT2D eigenvalue weighted by atomic mass is 9.86. The van der Waals surface area contributed by atoms with Gasteiger partial charge in [0.2, 0.25) is 5.91 Å². The molecule has 8 nitrogen and oxygen atoms in total. The quantitative estimate of drug-likeness (QED) is 0.287. The lowest BCUT2D eigenvalue weighted by molar-refractivity contribution is -0.124. The Morgan fingerprint density at radius 2 is 1.95 bits per heavy atom. The summed E-state index contributed by atoms with van der Waals surface area (Å²) in [5, 5.41) is 7.24. The van der Waals surface area contributed by atoms with Crippen molar-refractivity contribution < 1.29 is 4.79 Å². The fourth-order valence-corrected chi connectivity index (χ4v) is 5.87. The molecule has 1 aliphatic rings. The molecule has 0 saturated carbocycles. The van der Waals surface area contributed by atoms with E-state index in [4.69, 9.17) is 5.73 Å². The van der Waals surface area contributed by atoms with E-state index in [2.05, 4.69) is 65.6 Å². The van der Waals surface area contributed by atoms with Crippen LogP contribution >= 0.6 is 11.3 Å². The minimum atomic E-state index is -0.556. The van der Waals surface area contributed by atoms with Crippen molar-refractivity contribution >= 4 is 38.8 Å². The van der Waals surface area contributed by atoms with Gasteiger partial charge in [-0.05, 0) is 47.9 Å². The minimum absolute atomic E-state index is 0.142. The average molecular weight is 531 g/mol. The number of benzene rings is 1. The number of nitrogens with two attached hydrogens (primary N) is 1. The van der Waals surface area contributed by atoms with Gasteiger partial charge >= 0.3 is 0 Å². The third kappa shape index (κ3) is 5.57. The summed E-state index contributed by atoms with van der Waals surface area (Å²) in [5.74, 6) is 0.963. The molecule has 1 atom stereocenters. The number of carbonyl (C=O) groups excluding carboxylic acids is 1. The van der Waals surface area contributed by atoms with Crippen LogP contribution in [-0.2, 0) is 29.6 Å². The Morgan fingerprint density at radius 3 is 2.71 bits per heavy atom. The SMILES string of the molecule is CC(C)(C)c1ccc(CCCNc2cnc3n(c2=O)[C@H](C(=O)NCc2cc4cnc(N)cc4s2)CC3)cc1. The topological polar surface area (TPSA) is 115 Å². The van der Waals surface area contributed by atoms with Gasteiger partial charge < -0.3 is 16.4 Å². The number of aromatic nitrogens is 3. The van der Waals surface area contributed by atoms with E-state index in [0.717, 1.165) is 27.8 Å². The molecule has 4 N–H and O–H groups in total. The van der Waals surface area contributed by atoms with Gasteiger partial charge in [-0.3, -0.25) is 14.2 Å². The molecule has 0 fully saturated rings. The number of aryl methyl sites for hydroxylation is 2. The summed E-state index contributed by atoms with van der Waals surface area (Å²) in [6, 6.07) is 12.0. The molecule has 38 heavy (non-hydrogen) atoms. The van der Waals surface area contributed by atoms with Crippen LogP contribution in [0.5, 0.6) is 0 Å². The van der Waals surface area contributed by atoms with Gasteiger partial charge in [0.15, 0.2) is 0 Å². The molecule has 1 aromatic carbocycles. The van der Waals surface area contributed by atoms with Crippen LogP contribution in [0.1, 0.15) is 61.5 Å². The molecule has 3 aromatic heterocycles. The van der Waals surface area contributed by atoms with Crippen LogP contribution < -0.4 is 21.9 Å². The van der Waals surface area contributed by atoms with Crippen molar-refractivity contribution in [1.82, 2.24) is 19.9 Å². The Labute approximate surface area is 226 Å². The molecule has 1 amide bonds. The number of nitrogen functional groups attached to an aromatic ring is 1. The van der Waals surface area contributed by atoms with Crippen molar-refractivity contribution in [3.63, 3.8) is 0 Å². The van der Waals surface area contributed by atoms with Gasteiger partial charge in [0, 0.05) is 34.1 Å². The zero-order chi connectivity index (χ0) is 26.9. The molecule has 0 spiro atoms. The summed E-state index contributed by atoms with van der Waals surface area (Å²) in [4.78, 5) is 35.9. The highest BCUT2D eigenvalue weighted by molar-refractivity contribution is 7.19. The van der Waals surface area contributed by atoms with Gasteiger partial charge in [0.25, 0.3) is 5.56 Å². The zero-order valence-electron chi connectivity index (χ0n) is 22.1. The van der Waals surface area contributed by atoms with Crippen LogP contribution in [-0.4, -0.2) is 27.0 Å². The Kier molecular flexibility index (Phi) is 7.21. The van der Waals surface area contributed by atoms with E-state index in [0.29, 0.717) is 43.3 Å². The summed E-state index contributed by atoms with van der Waals surface area (Å²) in [6.45, 7) is 7.68. The Hall–Kier alpha value is -3.72. The monoisotopic (exact) mass is 530 g/mol. The number of thiophene rings is 1. The fourth-order valence-electron chi connectivity index (χ4n) is 4.84. The van der Waals surface area contributed by atoms with Crippen molar-refractivity contribution in [3.05, 3.63) is 81.0 Å². The van der Waals surface area contributed by atoms with Gasteiger partial charge in [-0.25, -0.2) is 9.97 Å². The number of nitrogens with one attached hydrogen (secondary N) is 2. The molecule has 4 heterocycles. The van der Waals surface area contributed by atoms with E-state index in [1.807, 2.05) is 12.1 Å². The van der Waals surface area contributed by atoms with E-state index in [1.54, 1.807) is 28.3 Å². The number of hydrogen-bond acceptors (Lipinski definition) is 7. The Bertz CT molecular complexity index is 1520. The van der Waals surface area contributed by atoms with Crippen molar-refractivity contribution in [1.29, 1.82) is 0 Å². The number of amides is 1. The lowest BCUT2D eigenvalue weighted by Gasteiger charge is -2.19. The van der Waals surface area contributed by atoms with Crippen LogP contribution in [0.25, 0.3) is 10.1 Å². The summed E-state index contributed by atoms with van der Waals surface area (Å²) in [7, 11) is 0. The van der Waals surface area contributed by atoms with Crippen LogP contribution in [0, 0.1) is 0 Å². The van der Waals surface area contributed by atoms with Crippen LogP contribution in [0.3, 0.4) is 0 Å². The van der Waals surface area contributed by atoms with Gasteiger partial charge in [-0.2, -0.15) is 0 Å². The first-order valence-electron chi connectivity index (χ1n) is 13.0. The molecule has 0 unspecified atom stereocenters. The lowest BCUT2D eigenvalue weighted by Crippen LogP contribution is -2.36. The van der Waals surface area contributed by atoms with Gasteiger partial charge in [0.1, 0.15) is 23.4 Å². The number of pyridine rings is 1. The molecule has 4 aromatic rings. The third-order valence-corrected chi connectivity index (χ3v) is 8.11. The van der Waals surface area contributed by atoms with E-state index in [1.165, 1.54) is 11.1 Å². The summed E-state index contributed by atoms with van der Waals surface area (Å²) >= 11 is 1.57. The molecule has 0 aliphatic carbocycles. The van der Waals surface area contributed by atoms with Crippen LogP contribution in [0.4, 0.5) is 11.5 Å². The fraction of sp³-hybridized carbons (Fsp3) is 0.379. The molecular formula is C29H34N6O2S. The van der Waals surface area contributed by atoms with E-state index in [-0.39, 0.29) is 16.9 Å². The number of rotatable bonds is 8. The largest absolute Gasteiger partial charge is 0.384 e. The zero-order valence-corrected chi connectivity index (χ0v) is 22.9. The summed E-state index contributed by atoms with van der Waals surface area (Å²) in [5.41, 5.74) is 8.76. The second-order valence-electron chi connectivity index (χ2n) is 10.9. The van der Waals surface area contributed by atoms with E-state index in [9.17, 15) is 9.59 Å². The Morgan fingerprint density at radius 1 is 1.16 bits per heavy atom. The molecule has 0 radical (unpaired) electrons. The summed E-state index contributed by atoms with van der Waals surface area (Å²) < 4.78 is 2.59. The second kappa shape index (κ2) is 10.6. The Balaban J connectivity index is 1.18. The molecule has 198 valence electrons. The summed E-state index contributed by atoms with van der Waals surface area (Å²) in [6.07, 6.45) is 6.31. The normalized spacial score (nSPS) is 15.0. The number of fused-ring (bicyclic) bond motifs is 2. The maximum atomic E-state index is 13.3. The average Bonchev–Trinajstić information content (AvgIpc) is 3.50. The molecule has 0 saturated heterocycles. The number of carbonyl (C=O) groups is 1. The molecule has 5 rings (SSSR count). The molecule has 0 bridgehead atoms. The van der Waals surface area contributed by atoms with E-state index < -0.39 is 6.04 Å².